The van der Waals surface area contributed by atoms with Gasteiger partial charge in [-0.05, 0) is 27.9 Å². The molecule has 2 aromatic heterocycles. The van der Waals surface area contributed by atoms with Crippen molar-refractivity contribution in [2.24, 2.45) is 0 Å². The maximum atomic E-state index is 8.72. The van der Waals surface area contributed by atoms with Crippen LogP contribution < -0.4 is 10.1 Å². The summed E-state index contributed by atoms with van der Waals surface area (Å²) in [5.74, 6) is 1.65. The third-order valence-corrected chi connectivity index (χ3v) is 2.91. The van der Waals surface area contributed by atoms with Gasteiger partial charge in [0, 0.05) is 12.6 Å². The lowest BCUT2D eigenvalue weighted by atomic mass is 10.3. The summed E-state index contributed by atoms with van der Waals surface area (Å²) in [5, 5.41) is 19.9. The lowest BCUT2D eigenvalue weighted by Gasteiger charge is -2.19. The number of ether oxygens (including phenoxy) is 1. The fourth-order valence-corrected chi connectivity index (χ4v) is 1.97. The van der Waals surface area contributed by atoms with Gasteiger partial charge in [0.15, 0.2) is 11.5 Å². The maximum Gasteiger partial charge on any atom is 0.158 e. The molecule has 0 aliphatic carbocycles. The van der Waals surface area contributed by atoms with Crippen LogP contribution in [0.3, 0.4) is 0 Å². The van der Waals surface area contributed by atoms with Gasteiger partial charge in [-0.15, -0.1) is 10.2 Å². The fraction of sp³-hybridized carbons (Fsp3) is 0.400. The van der Waals surface area contributed by atoms with E-state index in [0.717, 1.165) is 6.54 Å². The van der Waals surface area contributed by atoms with Crippen LogP contribution in [-0.2, 0) is 0 Å². The Balaban J connectivity index is 2.11. The molecule has 2 heterocycles. The van der Waals surface area contributed by atoms with Crippen LogP contribution in [0.4, 0.5) is 11.6 Å². The third kappa shape index (κ3) is 4.86. The first-order valence-corrected chi connectivity index (χ1v) is 7.13. The summed E-state index contributed by atoms with van der Waals surface area (Å²) in [7, 11) is 3.99. The number of nitrogens with one attached hydrogen (secondary N) is 1. The van der Waals surface area contributed by atoms with Crippen molar-refractivity contribution in [2.75, 3.05) is 26.0 Å². The molecule has 0 fully saturated rings. The smallest absolute Gasteiger partial charge is 0.158 e. The number of rotatable bonds is 6. The summed E-state index contributed by atoms with van der Waals surface area (Å²) in [4.78, 5) is 10.1. The minimum Gasteiger partial charge on any atom is -0.487 e. The number of nitrogens with zero attached hydrogens (tertiary/aromatic N) is 6. The van der Waals surface area contributed by atoms with Crippen LogP contribution in [0.15, 0.2) is 18.5 Å². The zero-order valence-corrected chi connectivity index (χ0v) is 13.6. The Labute approximate surface area is 135 Å². The Morgan fingerprint density at radius 1 is 1.26 bits per heavy atom. The highest BCUT2D eigenvalue weighted by molar-refractivity contribution is 5.52. The van der Waals surface area contributed by atoms with Crippen LogP contribution in [0.1, 0.15) is 18.3 Å². The Bertz CT molecular complexity index is 694. The van der Waals surface area contributed by atoms with E-state index in [1.807, 2.05) is 34.0 Å². The zero-order chi connectivity index (χ0) is 16.8. The van der Waals surface area contributed by atoms with Gasteiger partial charge in [-0.1, -0.05) is 0 Å². The molecule has 0 saturated carbocycles. The summed E-state index contributed by atoms with van der Waals surface area (Å²) < 4.78 is 5.91. The standard InChI is InChI=1S/C15H19N7O/c1-10(9-22(3)4)23-13-5-14(21-20-11(13)2)19-15-8-17-12(6-16)7-18-15/h5,7-8,10H,9H2,1-4H3,(H,18,19,21)/t10-/m0/s1. The Kier molecular flexibility index (Phi) is 5.38. The molecule has 0 saturated heterocycles. The molecule has 120 valence electrons. The van der Waals surface area contributed by atoms with E-state index in [9.17, 15) is 0 Å². The number of hydrogen-bond acceptors (Lipinski definition) is 8. The van der Waals surface area contributed by atoms with Crippen LogP contribution in [0.5, 0.6) is 5.75 Å². The van der Waals surface area contributed by atoms with Gasteiger partial charge >= 0.3 is 0 Å². The lowest BCUT2D eigenvalue weighted by molar-refractivity contribution is 0.175. The van der Waals surface area contributed by atoms with E-state index in [1.54, 1.807) is 6.07 Å². The minimum atomic E-state index is 0.0236. The molecule has 0 aliphatic heterocycles. The zero-order valence-electron chi connectivity index (χ0n) is 13.6. The monoisotopic (exact) mass is 313 g/mol. The first kappa shape index (κ1) is 16.6. The van der Waals surface area contributed by atoms with Gasteiger partial charge in [-0.2, -0.15) is 5.26 Å². The quantitative estimate of drug-likeness (QED) is 0.856. The van der Waals surface area contributed by atoms with Crippen molar-refractivity contribution >= 4 is 11.6 Å². The molecule has 0 aromatic carbocycles. The molecule has 0 amide bonds. The van der Waals surface area contributed by atoms with E-state index < -0.39 is 0 Å². The van der Waals surface area contributed by atoms with Crippen molar-refractivity contribution in [3.05, 3.63) is 29.8 Å². The Hall–Kier alpha value is -2.79. The van der Waals surface area contributed by atoms with E-state index in [2.05, 4.69) is 30.4 Å². The van der Waals surface area contributed by atoms with Gasteiger partial charge in [0.25, 0.3) is 0 Å². The van der Waals surface area contributed by atoms with Gasteiger partial charge in [0.1, 0.15) is 29.4 Å². The maximum absolute atomic E-state index is 8.72. The molecule has 2 aromatic rings. The normalized spacial score (nSPS) is 11.8. The molecule has 0 spiro atoms. The Morgan fingerprint density at radius 2 is 2.04 bits per heavy atom. The third-order valence-electron chi connectivity index (χ3n) is 2.91. The SMILES string of the molecule is Cc1nnc(Nc2cnc(C#N)cn2)cc1O[C@@H](C)CN(C)C. The molecule has 1 N–H and O–H groups in total. The minimum absolute atomic E-state index is 0.0236. The van der Waals surface area contributed by atoms with E-state index >= 15 is 0 Å². The number of likely N-dealkylation sites (N-methyl/N-ethyl adjacent to an activating group) is 1. The van der Waals surface area contributed by atoms with Crippen LogP contribution in [-0.4, -0.2) is 51.8 Å². The van der Waals surface area contributed by atoms with Crippen LogP contribution in [0, 0.1) is 18.3 Å². The topological polar surface area (TPSA) is 99.9 Å². The fourth-order valence-electron chi connectivity index (χ4n) is 1.97. The average molecular weight is 313 g/mol. The highest BCUT2D eigenvalue weighted by atomic mass is 16.5. The van der Waals surface area contributed by atoms with Crippen molar-refractivity contribution in [1.29, 1.82) is 5.26 Å². The second-order valence-corrected chi connectivity index (χ2v) is 5.39. The molecule has 1 atom stereocenters. The summed E-state index contributed by atoms with van der Waals surface area (Å²) in [6, 6.07) is 3.69. The molecular weight excluding hydrogens is 294 g/mol. The van der Waals surface area contributed by atoms with Crippen LogP contribution in [0.25, 0.3) is 0 Å². The van der Waals surface area contributed by atoms with Crippen LogP contribution in [0.2, 0.25) is 0 Å². The molecule has 8 nitrogen and oxygen atoms in total. The lowest BCUT2D eigenvalue weighted by Crippen LogP contribution is -2.28. The van der Waals surface area contributed by atoms with E-state index in [1.165, 1.54) is 12.4 Å². The van der Waals surface area contributed by atoms with Crippen molar-refractivity contribution in [1.82, 2.24) is 25.1 Å². The van der Waals surface area contributed by atoms with Crippen molar-refractivity contribution in [2.45, 2.75) is 20.0 Å². The van der Waals surface area contributed by atoms with E-state index in [-0.39, 0.29) is 11.8 Å². The number of aromatic nitrogens is 4. The first-order valence-electron chi connectivity index (χ1n) is 7.13. The molecule has 0 radical (unpaired) electrons. The van der Waals surface area contributed by atoms with Crippen molar-refractivity contribution < 1.29 is 4.74 Å². The van der Waals surface area contributed by atoms with Crippen molar-refractivity contribution in [3.63, 3.8) is 0 Å². The van der Waals surface area contributed by atoms with Gasteiger partial charge in [0.05, 0.1) is 12.4 Å². The highest BCUT2D eigenvalue weighted by Crippen LogP contribution is 2.21. The summed E-state index contributed by atoms with van der Waals surface area (Å²) in [6.45, 7) is 4.64. The largest absolute Gasteiger partial charge is 0.487 e. The number of hydrogen-bond donors (Lipinski definition) is 1. The molecule has 8 heteroatoms. The molecule has 0 aliphatic rings. The molecular formula is C15H19N7O. The van der Waals surface area contributed by atoms with E-state index in [4.69, 9.17) is 10.00 Å². The van der Waals surface area contributed by atoms with Crippen LogP contribution >= 0.6 is 0 Å². The van der Waals surface area contributed by atoms with Gasteiger partial charge < -0.3 is 15.0 Å². The predicted octanol–water partition coefficient (Wildman–Crippen LogP) is 1.52. The number of aryl methyl sites for hydroxylation is 1. The molecule has 2 rings (SSSR count). The van der Waals surface area contributed by atoms with Gasteiger partial charge in [0.2, 0.25) is 0 Å². The second kappa shape index (κ2) is 7.47. The summed E-state index contributed by atoms with van der Waals surface area (Å²) in [5.41, 5.74) is 0.971. The Morgan fingerprint density at radius 3 is 2.65 bits per heavy atom. The second-order valence-electron chi connectivity index (χ2n) is 5.39. The first-order chi connectivity index (χ1) is 11.0. The predicted molar refractivity (Wildman–Crippen MR) is 85.4 cm³/mol. The number of nitriles is 1. The highest BCUT2D eigenvalue weighted by Gasteiger charge is 2.11. The molecule has 0 bridgehead atoms. The molecule has 23 heavy (non-hydrogen) atoms. The average Bonchev–Trinajstić information content (AvgIpc) is 2.50. The number of anilines is 2. The summed E-state index contributed by atoms with van der Waals surface area (Å²) >= 11 is 0. The van der Waals surface area contributed by atoms with Gasteiger partial charge in [-0.25, -0.2) is 9.97 Å². The summed E-state index contributed by atoms with van der Waals surface area (Å²) in [6.07, 6.45) is 2.88. The van der Waals surface area contributed by atoms with E-state index in [0.29, 0.717) is 23.1 Å². The van der Waals surface area contributed by atoms with Gasteiger partial charge in [-0.3, -0.25) is 0 Å². The molecule has 0 unspecified atom stereocenters. The van der Waals surface area contributed by atoms with Crippen molar-refractivity contribution in [3.8, 4) is 11.8 Å².